The molecule has 5 nitrogen and oxygen atoms in total. The normalized spacial score (nSPS) is 15.6. The number of rotatable bonds is 7. The number of carbonyl (C=O) groups is 2. The van der Waals surface area contributed by atoms with Crippen LogP contribution in [0, 0.1) is 5.82 Å². The third-order valence-corrected chi connectivity index (χ3v) is 4.17. The lowest BCUT2D eigenvalue weighted by Crippen LogP contribution is -2.44. The zero-order valence-corrected chi connectivity index (χ0v) is 13.1. The monoisotopic (exact) mass is 322 g/mol. The zero-order chi connectivity index (χ0) is 16.7. The summed E-state index contributed by atoms with van der Waals surface area (Å²) in [7, 11) is 0. The van der Waals surface area contributed by atoms with E-state index in [-0.39, 0.29) is 24.8 Å². The molecule has 2 rings (SSSR count). The maximum absolute atomic E-state index is 13.0. The van der Waals surface area contributed by atoms with E-state index in [2.05, 4.69) is 10.2 Å². The molecule has 0 saturated heterocycles. The van der Waals surface area contributed by atoms with Gasteiger partial charge in [-0.15, -0.1) is 0 Å². The molecule has 0 heterocycles. The van der Waals surface area contributed by atoms with Crippen LogP contribution in [0.3, 0.4) is 0 Å². The molecule has 1 aliphatic rings. The maximum atomic E-state index is 13.0. The van der Waals surface area contributed by atoms with Crippen molar-refractivity contribution in [1.29, 1.82) is 0 Å². The minimum absolute atomic E-state index is 0.162. The molecule has 1 saturated carbocycles. The van der Waals surface area contributed by atoms with Crippen molar-refractivity contribution in [1.82, 2.24) is 10.2 Å². The number of carboxylic acids is 1. The number of nitrogens with one attached hydrogen (secondary N) is 1. The summed E-state index contributed by atoms with van der Waals surface area (Å²) in [4.78, 5) is 24.6. The van der Waals surface area contributed by atoms with Crippen molar-refractivity contribution in [3.8, 4) is 0 Å². The molecule has 0 bridgehead atoms. The van der Waals surface area contributed by atoms with Gasteiger partial charge >= 0.3 is 5.97 Å². The number of halogens is 1. The summed E-state index contributed by atoms with van der Waals surface area (Å²) in [6.07, 6.45) is 5.57. The molecule has 0 aromatic heterocycles. The minimum atomic E-state index is -1.05. The fourth-order valence-electron chi connectivity index (χ4n) is 3.00. The Morgan fingerprint density at radius 1 is 1.17 bits per heavy atom. The van der Waals surface area contributed by atoms with Crippen LogP contribution in [0.1, 0.15) is 37.7 Å². The summed E-state index contributed by atoms with van der Waals surface area (Å²) >= 11 is 0. The van der Waals surface area contributed by atoms with E-state index in [1.807, 2.05) is 0 Å². The number of benzene rings is 1. The number of amides is 1. The number of carboxylic acid groups (broad SMARTS) is 1. The molecule has 1 aliphatic carbocycles. The maximum Gasteiger partial charge on any atom is 0.322 e. The quantitative estimate of drug-likeness (QED) is 0.807. The molecule has 126 valence electrons. The fourth-order valence-corrected chi connectivity index (χ4v) is 3.00. The van der Waals surface area contributed by atoms with Gasteiger partial charge in [-0.2, -0.15) is 0 Å². The minimum Gasteiger partial charge on any atom is -0.480 e. The van der Waals surface area contributed by atoms with Crippen LogP contribution >= 0.6 is 0 Å². The first-order chi connectivity index (χ1) is 11.0. The Bertz CT molecular complexity index is 527. The Kier molecular flexibility index (Phi) is 6.52. The van der Waals surface area contributed by atoms with Crippen molar-refractivity contribution < 1.29 is 19.1 Å². The van der Waals surface area contributed by atoms with Crippen molar-refractivity contribution >= 4 is 11.9 Å². The standard InChI is InChI=1S/C17H23FN2O3/c18-14-8-6-13(7-9-14)11-20(15-4-2-1-3-5-15)12-16(21)19-10-17(22)23/h6-9,15H,1-5,10-12H2,(H,19,21)(H,22,23). The van der Waals surface area contributed by atoms with Crippen molar-refractivity contribution in [3.05, 3.63) is 35.6 Å². The van der Waals surface area contributed by atoms with Gasteiger partial charge in [0.05, 0.1) is 6.54 Å². The molecule has 1 aromatic rings. The predicted molar refractivity (Wildman–Crippen MR) is 84.3 cm³/mol. The molecule has 23 heavy (non-hydrogen) atoms. The van der Waals surface area contributed by atoms with Crippen molar-refractivity contribution in [2.75, 3.05) is 13.1 Å². The topological polar surface area (TPSA) is 69.6 Å². The Hall–Kier alpha value is -1.95. The molecule has 1 aromatic carbocycles. The number of nitrogens with zero attached hydrogens (tertiary/aromatic N) is 1. The van der Waals surface area contributed by atoms with Crippen LogP contribution in [-0.4, -0.2) is 41.0 Å². The summed E-state index contributed by atoms with van der Waals surface area (Å²) in [5.41, 5.74) is 0.947. The van der Waals surface area contributed by atoms with Gasteiger partial charge in [0.1, 0.15) is 12.4 Å². The zero-order valence-electron chi connectivity index (χ0n) is 13.1. The fraction of sp³-hybridized carbons (Fsp3) is 0.529. The van der Waals surface area contributed by atoms with Gasteiger partial charge in [-0.25, -0.2) is 4.39 Å². The van der Waals surface area contributed by atoms with Gasteiger partial charge in [0.15, 0.2) is 0 Å². The van der Waals surface area contributed by atoms with E-state index in [1.165, 1.54) is 18.6 Å². The molecule has 6 heteroatoms. The highest BCUT2D eigenvalue weighted by molar-refractivity contribution is 5.82. The van der Waals surface area contributed by atoms with Crippen LogP contribution in [0.2, 0.25) is 0 Å². The second-order valence-electron chi connectivity index (χ2n) is 5.99. The predicted octanol–water partition coefficient (Wildman–Crippen LogP) is 2.16. The van der Waals surface area contributed by atoms with Gasteiger partial charge in [0.25, 0.3) is 0 Å². The summed E-state index contributed by atoms with van der Waals surface area (Å²) in [6.45, 7) is 0.356. The SMILES string of the molecule is O=C(O)CNC(=O)CN(Cc1ccc(F)cc1)C1CCCCC1. The summed E-state index contributed by atoms with van der Waals surface area (Å²) in [5, 5.41) is 11.0. The number of carbonyl (C=O) groups excluding carboxylic acids is 1. The highest BCUT2D eigenvalue weighted by atomic mass is 19.1. The van der Waals surface area contributed by atoms with Gasteiger partial charge in [-0.05, 0) is 30.5 Å². The van der Waals surface area contributed by atoms with Gasteiger partial charge in [0, 0.05) is 12.6 Å². The van der Waals surface area contributed by atoms with E-state index in [4.69, 9.17) is 5.11 Å². The second-order valence-corrected chi connectivity index (χ2v) is 5.99. The van der Waals surface area contributed by atoms with E-state index < -0.39 is 5.97 Å². The lowest BCUT2D eigenvalue weighted by Gasteiger charge is -2.34. The van der Waals surface area contributed by atoms with Crippen LogP contribution in [0.15, 0.2) is 24.3 Å². The molecular weight excluding hydrogens is 299 g/mol. The van der Waals surface area contributed by atoms with Gasteiger partial charge in [-0.3, -0.25) is 14.5 Å². The highest BCUT2D eigenvalue weighted by Gasteiger charge is 2.23. The third-order valence-electron chi connectivity index (χ3n) is 4.17. The Morgan fingerprint density at radius 3 is 2.43 bits per heavy atom. The third kappa shape index (κ3) is 5.98. The summed E-state index contributed by atoms with van der Waals surface area (Å²) in [5.74, 6) is -1.63. The van der Waals surface area contributed by atoms with E-state index >= 15 is 0 Å². The molecule has 1 fully saturated rings. The van der Waals surface area contributed by atoms with Crippen LogP contribution in [0.5, 0.6) is 0 Å². The van der Waals surface area contributed by atoms with Crippen LogP contribution in [0.4, 0.5) is 4.39 Å². The number of aliphatic carboxylic acids is 1. The van der Waals surface area contributed by atoms with Crippen molar-refractivity contribution in [2.45, 2.75) is 44.7 Å². The molecule has 2 N–H and O–H groups in total. The first-order valence-electron chi connectivity index (χ1n) is 8.01. The number of hydrogen-bond acceptors (Lipinski definition) is 3. The van der Waals surface area contributed by atoms with Crippen LogP contribution in [-0.2, 0) is 16.1 Å². The Labute approximate surface area is 135 Å². The lowest BCUT2D eigenvalue weighted by molar-refractivity contribution is -0.138. The highest BCUT2D eigenvalue weighted by Crippen LogP contribution is 2.24. The molecule has 1 amide bonds. The average molecular weight is 322 g/mol. The van der Waals surface area contributed by atoms with Crippen molar-refractivity contribution in [2.24, 2.45) is 0 Å². The molecular formula is C17H23FN2O3. The van der Waals surface area contributed by atoms with Crippen LogP contribution in [0.25, 0.3) is 0 Å². The Morgan fingerprint density at radius 2 is 1.83 bits per heavy atom. The second kappa shape index (κ2) is 8.62. The van der Waals surface area contributed by atoms with Gasteiger partial charge in [0.2, 0.25) is 5.91 Å². The molecule has 0 unspecified atom stereocenters. The Balaban J connectivity index is 2.00. The van der Waals surface area contributed by atoms with E-state index in [9.17, 15) is 14.0 Å². The lowest BCUT2D eigenvalue weighted by atomic mass is 9.93. The first-order valence-corrected chi connectivity index (χ1v) is 8.01. The smallest absolute Gasteiger partial charge is 0.322 e. The first kappa shape index (κ1) is 17.4. The number of hydrogen-bond donors (Lipinski definition) is 2. The summed E-state index contributed by atoms with van der Waals surface area (Å²) in [6, 6.07) is 6.59. The van der Waals surface area contributed by atoms with E-state index in [0.717, 1.165) is 31.2 Å². The average Bonchev–Trinajstić information content (AvgIpc) is 2.55. The van der Waals surface area contributed by atoms with Gasteiger partial charge < -0.3 is 10.4 Å². The van der Waals surface area contributed by atoms with E-state index in [0.29, 0.717) is 12.6 Å². The van der Waals surface area contributed by atoms with Crippen LogP contribution < -0.4 is 5.32 Å². The van der Waals surface area contributed by atoms with E-state index in [1.54, 1.807) is 12.1 Å². The largest absolute Gasteiger partial charge is 0.480 e. The van der Waals surface area contributed by atoms with Gasteiger partial charge in [-0.1, -0.05) is 31.4 Å². The van der Waals surface area contributed by atoms with Crippen molar-refractivity contribution in [3.63, 3.8) is 0 Å². The molecule has 0 aliphatic heterocycles. The molecule has 0 spiro atoms. The summed E-state index contributed by atoms with van der Waals surface area (Å²) < 4.78 is 13.0. The molecule has 0 atom stereocenters. The molecule has 0 radical (unpaired) electrons.